The zero-order chi connectivity index (χ0) is 17.1. The molecule has 0 fully saturated rings. The summed E-state index contributed by atoms with van der Waals surface area (Å²) in [7, 11) is 0. The molecule has 6 heteroatoms. The van der Waals surface area contributed by atoms with E-state index in [2.05, 4.69) is 16.9 Å². The van der Waals surface area contributed by atoms with Crippen LogP contribution in [0.4, 0.5) is 4.79 Å². The van der Waals surface area contributed by atoms with E-state index >= 15 is 0 Å². The van der Waals surface area contributed by atoms with Crippen molar-refractivity contribution in [2.75, 3.05) is 13.1 Å². The monoisotopic (exact) mass is 319 g/mol. The molecule has 1 atom stereocenters. The molecule has 0 unspecified atom stereocenters. The highest BCUT2D eigenvalue weighted by molar-refractivity contribution is 5.76. The van der Waals surface area contributed by atoms with Crippen LogP contribution >= 0.6 is 0 Å². The quantitative estimate of drug-likeness (QED) is 0.513. The van der Waals surface area contributed by atoms with Gasteiger partial charge in [-0.05, 0) is 30.4 Å². The van der Waals surface area contributed by atoms with Crippen molar-refractivity contribution in [3.8, 4) is 0 Å². The molecule has 0 saturated heterocycles. The number of nitrogens with zero attached hydrogens (tertiary/aromatic N) is 2. The summed E-state index contributed by atoms with van der Waals surface area (Å²) in [5.74, 6) is -0.0213. The number of carbonyl (C=O) groups excluding carboxylic acids is 1. The average Bonchev–Trinajstić information content (AvgIpc) is 2.53. The van der Waals surface area contributed by atoms with Gasteiger partial charge in [-0.1, -0.05) is 19.1 Å². The van der Waals surface area contributed by atoms with Crippen LogP contribution in [0.25, 0.3) is 0 Å². The molecule has 1 heterocycles. The van der Waals surface area contributed by atoms with Crippen LogP contribution in [0.5, 0.6) is 0 Å². The van der Waals surface area contributed by atoms with Crippen LogP contribution in [-0.4, -0.2) is 40.1 Å². The van der Waals surface area contributed by atoms with Crippen molar-refractivity contribution >= 4 is 12.0 Å². The first kappa shape index (κ1) is 18.7. The summed E-state index contributed by atoms with van der Waals surface area (Å²) in [5, 5.41) is 10.9. The van der Waals surface area contributed by atoms with Crippen molar-refractivity contribution in [2.24, 2.45) is 5.92 Å². The molecular weight excluding hydrogens is 294 g/mol. The Labute approximate surface area is 137 Å². The van der Waals surface area contributed by atoms with E-state index in [4.69, 9.17) is 5.11 Å². The largest absolute Gasteiger partial charge is 0.465 e. The highest BCUT2D eigenvalue weighted by Crippen LogP contribution is 2.10. The molecule has 2 amide bonds. The Morgan fingerprint density at radius 3 is 2.91 bits per heavy atom. The van der Waals surface area contributed by atoms with E-state index in [1.807, 2.05) is 25.1 Å². The molecule has 1 rings (SSSR count). The molecule has 1 aromatic rings. The van der Waals surface area contributed by atoms with Gasteiger partial charge in [0, 0.05) is 38.4 Å². The minimum absolute atomic E-state index is 0.0256. The number of hydrogen-bond donors (Lipinski definition) is 2. The van der Waals surface area contributed by atoms with Gasteiger partial charge in [0.25, 0.3) is 0 Å². The first-order valence-electron chi connectivity index (χ1n) is 7.77. The van der Waals surface area contributed by atoms with Crippen molar-refractivity contribution in [3.63, 3.8) is 0 Å². The number of rotatable bonds is 10. The summed E-state index contributed by atoms with van der Waals surface area (Å²) in [6.45, 7) is 7.00. The van der Waals surface area contributed by atoms with Crippen LogP contribution in [0.15, 0.2) is 37.2 Å². The molecule has 1 aromatic heterocycles. The smallest absolute Gasteiger partial charge is 0.404 e. The Kier molecular flexibility index (Phi) is 8.42. The lowest BCUT2D eigenvalue weighted by atomic mass is 10.1. The minimum atomic E-state index is -1.07. The normalized spacial score (nSPS) is 11.5. The molecule has 23 heavy (non-hydrogen) atoms. The number of unbranched alkanes of at least 4 members (excludes halogenated alkanes) is 1. The highest BCUT2D eigenvalue weighted by atomic mass is 16.4. The summed E-state index contributed by atoms with van der Waals surface area (Å²) < 4.78 is 0. The van der Waals surface area contributed by atoms with Gasteiger partial charge in [-0.2, -0.15) is 0 Å². The fraction of sp³-hybridized carbons (Fsp3) is 0.471. The summed E-state index contributed by atoms with van der Waals surface area (Å²) in [6.07, 6.45) is 6.25. The van der Waals surface area contributed by atoms with E-state index in [0.717, 1.165) is 18.4 Å². The summed E-state index contributed by atoms with van der Waals surface area (Å²) >= 11 is 0. The average molecular weight is 319 g/mol. The summed E-state index contributed by atoms with van der Waals surface area (Å²) in [6, 6.07) is 3.79. The number of nitrogens with one attached hydrogen (secondary N) is 1. The van der Waals surface area contributed by atoms with Crippen LogP contribution in [0, 0.1) is 5.92 Å². The van der Waals surface area contributed by atoms with Crippen LogP contribution in [0.1, 0.15) is 31.7 Å². The Bertz CT molecular complexity index is 505. The van der Waals surface area contributed by atoms with E-state index in [9.17, 15) is 9.59 Å². The molecule has 0 radical (unpaired) electrons. The maximum absolute atomic E-state index is 12.5. The number of aromatic nitrogens is 1. The molecule has 0 saturated carbocycles. The van der Waals surface area contributed by atoms with E-state index < -0.39 is 6.09 Å². The fourth-order valence-electron chi connectivity index (χ4n) is 2.19. The molecule has 0 aliphatic rings. The minimum Gasteiger partial charge on any atom is -0.465 e. The topological polar surface area (TPSA) is 82.5 Å². The molecular formula is C17H25N3O3. The van der Waals surface area contributed by atoms with Crippen LogP contribution in [-0.2, 0) is 11.3 Å². The Hall–Kier alpha value is -2.37. The van der Waals surface area contributed by atoms with Crippen molar-refractivity contribution in [1.29, 1.82) is 0 Å². The van der Waals surface area contributed by atoms with E-state index in [0.29, 0.717) is 19.5 Å². The molecule has 2 N–H and O–H groups in total. The predicted molar refractivity (Wildman–Crippen MR) is 88.9 cm³/mol. The molecule has 0 aliphatic heterocycles. The summed E-state index contributed by atoms with van der Waals surface area (Å²) in [5.41, 5.74) is 0.982. The Balaban J connectivity index is 2.60. The maximum Gasteiger partial charge on any atom is 0.404 e. The molecule has 0 aliphatic carbocycles. The Morgan fingerprint density at radius 2 is 2.30 bits per heavy atom. The zero-order valence-corrected chi connectivity index (χ0v) is 13.6. The van der Waals surface area contributed by atoms with Crippen LogP contribution < -0.4 is 5.32 Å². The summed E-state index contributed by atoms with van der Waals surface area (Å²) in [4.78, 5) is 28.9. The van der Waals surface area contributed by atoms with Crippen molar-refractivity contribution in [1.82, 2.24) is 15.2 Å². The fourth-order valence-corrected chi connectivity index (χ4v) is 2.19. The lowest BCUT2D eigenvalue weighted by Gasteiger charge is -2.24. The van der Waals surface area contributed by atoms with E-state index in [1.54, 1.807) is 17.3 Å². The number of hydrogen-bond acceptors (Lipinski definition) is 3. The third-order valence-electron chi connectivity index (χ3n) is 3.41. The number of carbonyl (C=O) groups is 2. The van der Waals surface area contributed by atoms with Gasteiger partial charge in [-0.25, -0.2) is 4.79 Å². The first-order chi connectivity index (χ1) is 11.0. The van der Waals surface area contributed by atoms with Crippen molar-refractivity contribution < 1.29 is 14.7 Å². The van der Waals surface area contributed by atoms with Crippen LogP contribution in [0.2, 0.25) is 0 Å². The lowest BCUT2D eigenvalue weighted by Crippen LogP contribution is -2.35. The molecule has 126 valence electrons. The van der Waals surface area contributed by atoms with Crippen LogP contribution in [0.3, 0.4) is 0 Å². The van der Waals surface area contributed by atoms with Crippen molar-refractivity contribution in [2.45, 2.75) is 32.7 Å². The van der Waals surface area contributed by atoms with E-state index in [-0.39, 0.29) is 18.4 Å². The van der Waals surface area contributed by atoms with Gasteiger partial charge >= 0.3 is 6.09 Å². The Morgan fingerprint density at radius 1 is 1.52 bits per heavy atom. The number of amides is 2. The van der Waals surface area contributed by atoms with E-state index in [1.165, 1.54) is 0 Å². The van der Waals surface area contributed by atoms with Gasteiger partial charge < -0.3 is 15.3 Å². The number of pyridine rings is 1. The second-order valence-corrected chi connectivity index (χ2v) is 5.60. The van der Waals surface area contributed by atoms with Crippen molar-refractivity contribution in [3.05, 3.63) is 42.7 Å². The van der Waals surface area contributed by atoms with Gasteiger partial charge in [0.05, 0.1) is 0 Å². The SMILES string of the molecule is C=CCCCN(Cc1cccnc1)C(=O)C[C@H](C)CNC(=O)O. The molecule has 0 spiro atoms. The highest BCUT2D eigenvalue weighted by Gasteiger charge is 2.17. The van der Waals surface area contributed by atoms with Gasteiger partial charge in [-0.3, -0.25) is 9.78 Å². The van der Waals surface area contributed by atoms with Gasteiger partial charge in [-0.15, -0.1) is 6.58 Å². The predicted octanol–water partition coefficient (Wildman–Crippen LogP) is 2.67. The standard InChI is InChI=1S/C17H25N3O3/c1-3-4-5-9-20(13-15-7-6-8-18-12-15)16(21)10-14(2)11-19-17(22)23/h3,6-8,12,14,19H,1,4-5,9-11,13H2,2H3,(H,22,23)/t14-/m0/s1. The second-order valence-electron chi connectivity index (χ2n) is 5.60. The third kappa shape index (κ3) is 7.99. The van der Waals surface area contributed by atoms with Gasteiger partial charge in [0.15, 0.2) is 0 Å². The zero-order valence-electron chi connectivity index (χ0n) is 13.6. The first-order valence-corrected chi connectivity index (χ1v) is 7.77. The number of carboxylic acid groups (broad SMARTS) is 1. The van der Waals surface area contributed by atoms with Gasteiger partial charge in [0.2, 0.25) is 5.91 Å². The maximum atomic E-state index is 12.5. The van der Waals surface area contributed by atoms with Gasteiger partial charge in [0.1, 0.15) is 0 Å². The third-order valence-corrected chi connectivity index (χ3v) is 3.41. The second kappa shape index (κ2) is 10.4. The molecule has 0 aromatic carbocycles. The molecule has 6 nitrogen and oxygen atoms in total. The number of allylic oxidation sites excluding steroid dienone is 1. The lowest BCUT2D eigenvalue weighted by molar-refractivity contribution is -0.132. The molecule has 0 bridgehead atoms.